The smallest absolute Gasteiger partial charge is 0.255 e. The molecule has 0 unspecified atom stereocenters. The average Bonchev–Trinajstić information content (AvgIpc) is 3.20. The number of nitrogens with one attached hydrogen (secondary N) is 1. The van der Waals surface area contributed by atoms with E-state index in [1.54, 1.807) is 18.5 Å². The number of thioether (sulfide) groups is 1. The zero-order chi connectivity index (χ0) is 25.9. The molecule has 0 aliphatic heterocycles. The van der Waals surface area contributed by atoms with Gasteiger partial charge in [-0.2, -0.15) is 0 Å². The summed E-state index contributed by atoms with van der Waals surface area (Å²) in [6.07, 6.45) is 3.51. The minimum Gasteiger partial charge on any atom is -0.322 e. The highest BCUT2D eigenvalue weighted by atomic mass is 35.5. The van der Waals surface area contributed by atoms with E-state index in [0.29, 0.717) is 22.9 Å². The van der Waals surface area contributed by atoms with Crippen LogP contribution in [0.2, 0.25) is 5.02 Å². The topological polar surface area (TPSA) is 59.8 Å². The van der Waals surface area contributed by atoms with E-state index in [1.807, 2.05) is 56.3 Å². The van der Waals surface area contributed by atoms with Crippen LogP contribution in [-0.4, -0.2) is 20.4 Å². The average molecular weight is 531 g/mol. The largest absolute Gasteiger partial charge is 0.322 e. The van der Waals surface area contributed by atoms with Crippen molar-refractivity contribution in [2.75, 3.05) is 5.32 Å². The molecule has 0 aliphatic carbocycles. The Kier molecular flexibility index (Phi) is 7.26. The van der Waals surface area contributed by atoms with E-state index in [-0.39, 0.29) is 11.7 Å². The van der Waals surface area contributed by atoms with E-state index >= 15 is 0 Å². The molecule has 0 fully saturated rings. The molecule has 5 rings (SSSR count). The molecule has 37 heavy (non-hydrogen) atoms. The molecule has 186 valence electrons. The van der Waals surface area contributed by atoms with Gasteiger partial charge in [0.2, 0.25) is 0 Å². The van der Waals surface area contributed by atoms with Crippen LogP contribution >= 0.6 is 23.4 Å². The van der Waals surface area contributed by atoms with Gasteiger partial charge in [0.05, 0.1) is 23.8 Å². The molecule has 5 nitrogen and oxygen atoms in total. The lowest BCUT2D eigenvalue weighted by atomic mass is 10.1. The van der Waals surface area contributed by atoms with E-state index in [1.165, 1.54) is 23.9 Å². The molecule has 0 atom stereocenters. The lowest BCUT2D eigenvalue weighted by Gasteiger charge is -2.11. The first-order chi connectivity index (χ1) is 17.9. The number of benzene rings is 3. The van der Waals surface area contributed by atoms with Crippen LogP contribution in [0.1, 0.15) is 32.6 Å². The first kappa shape index (κ1) is 25.0. The molecule has 3 aromatic carbocycles. The van der Waals surface area contributed by atoms with Crippen LogP contribution in [0.3, 0.4) is 0 Å². The number of imidazole rings is 1. The fourth-order valence-corrected chi connectivity index (χ4v) is 5.52. The molecule has 2 aromatic heterocycles. The third-order valence-corrected chi connectivity index (χ3v) is 7.30. The van der Waals surface area contributed by atoms with Crippen LogP contribution in [0.15, 0.2) is 84.3 Å². The number of aromatic nitrogens is 3. The van der Waals surface area contributed by atoms with Crippen molar-refractivity contribution in [3.8, 4) is 0 Å². The molecule has 0 saturated heterocycles. The molecular formula is C29H24ClFN4OS. The molecular weight excluding hydrogens is 507 g/mol. The van der Waals surface area contributed by atoms with Gasteiger partial charge in [-0.3, -0.25) is 9.78 Å². The summed E-state index contributed by atoms with van der Waals surface area (Å²) in [7, 11) is 0. The monoisotopic (exact) mass is 530 g/mol. The number of carbonyl (C=O) groups is 1. The first-order valence-corrected chi connectivity index (χ1v) is 13.1. The highest BCUT2D eigenvalue weighted by Crippen LogP contribution is 2.30. The SMILES string of the molecule is Cc1cc(C)cc(NC(=O)c2ccc(Cn3c(SCc4ccc(F)cc4Cl)nc4ccncc43)cc2)c1. The zero-order valence-electron chi connectivity index (χ0n) is 20.3. The van der Waals surface area contributed by atoms with Crippen molar-refractivity contribution >= 4 is 46.0 Å². The zero-order valence-corrected chi connectivity index (χ0v) is 21.9. The maximum Gasteiger partial charge on any atom is 0.255 e. The third kappa shape index (κ3) is 5.84. The van der Waals surface area contributed by atoms with E-state index in [0.717, 1.165) is 44.1 Å². The van der Waals surface area contributed by atoms with Crippen LogP contribution < -0.4 is 5.32 Å². The second kappa shape index (κ2) is 10.7. The number of anilines is 1. The van der Waals surface area contributed by atoms with Gasteiger partial charge >= 0.3 is 0 Å². The molecule has 8 heteroatoms. The van der Waals surface area contributed by atoms with Gasteiger partial charge in [-0.15, -0.1) is 0 Å². The van der Waals surface area contributed by atoms with Gasteiger partial charge < -0.3 is 9.88 Å². The van der Waals surface area contributed by atoms with Crippen molar-refractivity contribution in [2.45, 2.75) is 31.3 Å². The predicted octanol–water partition coefficient (Wildman–Crippen LogP) is 7.43. The normalized spacial score (nSPS) is 11.1. The quantitative estimate of drug-likeness (QED) is 0.222. The van der Waals surface area contributed by atoms with Crippen LogP contribution in [-0.2, 0) is 12.3 Å². The summed E-state index contributed by atoms with van der Waals surface area (Å²) < 4.78 is 15.5. The molecule has 0 spiro atoms. The van der Waals surface area contributed by atoms with E-state index in [9.17, 15) is 9.18 Å². The summed E-state index contributed by atoms with van der Waals surface area (Å²) in [5.41, 5.74) is 7.18. The van der Waals surface area contributed by atoms with Crippen molar-refractivity contribution < 1.29 is 9.18 Å². The summed E-state index contributed by atoms with van der Waals surface area (Å²) in [4.78, 5) is 21.8. The van der Waals surface area contributed by atoms with Gasteiger partial charge in [0.15, 0.2) is 5.16 Å². The maximum atomic E-state index is 13.4. The predicted molar refractivity (Wildman–Crippen MR) is 148 cm³/mol. The van der Waals surface area contributed by atoms with Crippen LogP contribution in [0, 0.1) is 19.7 Å². The minimum atomic E-state index is -0.358. The molecule has 1 amide bonds. The summed E-state index contributed by atoms with van der Waals surface area (Å²) in [5, 5.41) is 4.18. The van der Waals surface area contributed by atoms with Crippen molar-refractivity contribution in [3.05, 3.63) is 118 Å². The lowest BCUT2D eigenvalue weighted by Crippen LogP contribution is -2.12. The van der Waals surface area contributed by atoms with Gasteiger partial charge in [-0.25, -0.2) is 9.37 Å². The Balaban J connectivity index is 1.35. The van der Waals surface area contributed by atoms with Gasteiger partial charge in [-0.1, -0.05) is 47.6 Å². The molecule has 0 bridgehead atoms. The Morgan fingerprint density at radius 1 is 1.03 bits per heavy atom. The van der Waals surface area contributed by atoms with Gasteiger partial charge in [0.1, 0.15) is 5.82 Å². The van der Waals surface area contributed by atoms with Crippen molar-refractivity contribution in [2.24, 2.45) is 0 Å². The highest BCUT2D eigenvalue weighted by molar-refractivity contribution is 7.98. The number of hydrogen-bond donors (Lipinski definition) is 1. The molecule has 0 aliphatic rings. The Bertz CT molecular complexity index is 1580. The van der Waals surface area contributed by atoms with Crippen molar-refractivity contribution in [3.63, 3.8) is 0 Å². The number of nitrogens with zero attached hydrogens (tertiary/aromatic N) is 3. The number of fused-ring (bicyclic) bond motifs is 1. The van der Waals surface area contributed by atoms with Crippen molar-refractivity contribution in [1.82, 2.24) is 14.5 Å². The van der Waals surface area contributed by atoms with Crippen molar-refractivity contribution in [1.29, 1.82) is 0 Å². The summed E-state index contributed by atoms with van der Waals surface area (Å²) in [6, 6.07) is 19.8. The second-order valence-electron chi connectivity index (χ2n) is 8.90. The summed E-state index contributed by atoms with van der Waals surface area (Å²) >= 11 is 7.76. The Labute approximate surface area is 223 Å². The number of carbonyl (C=O) groups excluding carboxylic acids is 1. The molecule has 2 heterocycles. The van der Waals surface area contributed by atoms with E-state index in [4.69, 9.17) is 16.6 Å². The highest BCUT2D eigenvalue weighted by Gasteiger charge is 2.14. The fourth-order valence-electron chi connectivity index (χ4n) is 4.19. The number of rotatable bonds is 7. The molecule has 5 aromatic rings. The van der Waals surface area contributed by atoms with E-state index < -0.39 is 0 Å². The van der Waals surface area contributed by atoms with Gasteiger partial charge in [0.25, 0.3) is 5.91 Å². The number of amides is 1. The first-order valence-electron chi connectivity index (χ1n) is 11.7. The third-order valence-electron chi connectivity index (χ3n) is 5.92. The Hall–Kier alpha value is -3.68. The van der Waals surface area contributed by atoms with Crippen LogP contribution in [0.5, 0.6) is 0 Å². The Morgan fingerprint density at radius 2 is 1.78 bits per heavy atom. The minimum absolute atomic E-state index is 0.152. The molecule has 0 saturated carbocycles. The van der Waals surface area contributed by atoms with E-state index in [2.05, 4.69) is 20.9 Å². The maximum absolute atomic E-state index is 13.4. The second-order valence-corrected chi connectivity index (χ2v) is 10.2. The standard InChI is InChI=1S/C29H24ClFN4OS/c1-18-11-19(2)13-24(12-18)33-28(36)21-5-3-20(4-6-21)16-35-27-15-32-10-9-26(27)34-29(35)37-17-22-7-8-23(31)14-25(22)30/h3-15H,16-17H2,1-2H3,(H,33,36). The van der Waals surface area contributed by atoms with Crippen LogP contribution in [0.25, 0.3) is 11.0 Å². The molecule has 0 radical (unpaired) electrons. The molecule has 1 N–H and O–H groups in total. The lowest BCUT2D eigenvalue weighted by molar-refractivity contribution is 0.102. The van der Waals surface area contributed by atoms with Crippen LogP contribution in [0.4, 0.5) is 10.1 Å². The van der Waals surface area contributed by atoms with Gasteiger partial charge in [-0.05, 0) is 78.6 Å². The number of hydrogen-bond acceptors (Lipinski definition) is 4. The fraction of sp³-hybridized carbons (Fsp3) is 0.138. The number of halogens is 2. The van der Waals surface area contributed by atoms with Gasteiger partial charge in [0, 0.05) is 28.2 Å². The number of aryl methyl sites for hydroxylation is 2. The summed E-state index contributed by atoms with van der Waals surface area (Å²) in [5.74, 6) is 0.0392. The Morgan fingerprint density at radius 3 is 2.51 bits per heavy atom. The summed E-state index contributed by atoms with van der Waals surface area (Å²) in [6.45, 7) is 4.57. The number of pyridine rings is 1.